The van der Waals surface area contributed by atoms with E-state index in [1.54, 1.807) is 31.2 Å². The number of aryl methyl sites for hydroxylation is 1. The zero-order chi connectivity index (χ0) is 16.7. The van der Waals surface area contributed by atoms with Crippen LogP contribution in [-0.4, -0.2) is 25.2 Å². The Hall–Kier alpha value is -3.09. The smallest absolute Gasteiger partial charge is 0.336 e. The molecule has 0 saturated carbocycles. The van der Waals surface area contributed by atoms with Gasteiger partial charge in [-0.25, -0.2) is 9.36 Å². The highest BCUT2D eigenvalue weighted by molar-refractivity contribution is 5.86. The first kappa shape index (κ1) is 14.8. The number of nitrogens with one attached hydrogen (secondary N) is 1. The minimum atomic E-state index is -1.03. The van der Waals surface area contributed by atoms with E-state index >= 15 is 0 Å². The largest absolute Gasteiger partial charge is 0.481 e. The van der Waals surface area contributed by atoms with E-state index in [-0.39, 0.29) is 11.8 Å². The molecular formula is C16H15N3O4. The zero-order valence-electron chi connectivity index (χ0n) is 12.7. The molecule has 0 aliphatic rings. The van der Waals surface area contributed by atoms with Crippen molar-refractivity contribution in [1.29, 1.82) is 0 Å². The summed E-state index contributed by atoms with van der Waals surface area (Å²) in [5, 5.41) is 9.31. The SMILES string of the molecule is Cc1[nH]c2c(c1CC(=O)O)c(=O)n(C)c(=O)n2-c1ccccc1. The first-order chi connectivity index (χ1) is 10.9. The summed E-state index contributed by atoms with van der Waals surface area (Å²) in [5.74, 6) is -1.03. The lowest BCUT2D eigenvalue weighted by atomic mass is 10.1. The maximum atomic E-state index is 12.5. The minimum absolute atomic E-state index is 0.232. The Morgan fingerprint density at radius 2 is 1.87 bits per heavy atom. The van der Waals surface area contributed by atoms with E-state index in [9.17, 15) is 14.4 Å². The van der Waals surface area contributed by atoms with E-state index in [4.69, 9.17) is 5.11 Å². The molecule has 23 heavy (non-hydrogen) atoms. The third-order valence-electron chi connectivity index (χ3n) is 3.86. The third-order valence-corrected chi connectivity index (χ3v) is 3.86. The number of aromatic amines is 1. The van der Waals surface area contributed by atoms with Crippen LogP contribution in [0.3, 0.4) is 0 Å². The summed E-state index contributed by atoms with van der Waals surface area (Å²) in [6, 6.07) is 8.89. The fourth-order valence-corrected chi connectivity index (χ4v) is 2.73. The van der Waals surface area contributed by atoms with Gasteiger partial charge in [0.2, 0.25) is 0 Å². The lowest BCUT2D eigenvalue weighted by Crippen LogP contribution is -2.37. The summed E-state index contributed by atoms with van der Waals surface area (Å²) in [4.78, 5) is 39.1. The molecule has 2 heterocycles. The zero-order valence-corrected chi connectivity index (χ0v) is 12.7. The van der Waals surface area contributed by atoms with Crippen LogP contribution in [0.2, 0.25) is 0 Å². The predicted molar refractivity (Wildman–Crippen MR) is 85.2 cm³/mol. The van der Waals surface area contributed by atoms with Crippen molar-refractivity contribution in [3.05, 3.63) is 62.4 Å². The lowest BCUT2D eigenvalue weighted by molar-refractivity contribution is -0.136. The Morgan fingerprint density at radius 1 is 1.22 bits per heavy atom. The van der Waals surface area contributed by atoms with Gasteiger partial charge >= 0.3 is 11.7 Å². The Bertz CT molecular complexity index is 1030. The van der Waals surface area contributed by atoms with Crippen molar-refractivity contribution >= 4 is 17.0 Å². The minimum Gasteiger partial charge on any atom is -0.481 e. The molecule has 0 bridgehead atoms. The first-order valence-corrected chi connectivity index (χ1v) is 7.02. The van der Waals surface area contributed by atoms with Gasteiger partial charge in [-0.05, 0) is 24.6 Å². The molecule has 1 aromatic carbocycles. The lowest BCUT2D eigenvalue weighted by Gasteiger charge is -2.09. The third kappa shape index (κ3) is 2.26. The second-order valence-corrected chi connectivity index (χ2v) is 5.34. The molecule has 0 atom stereocenters. The van der Waals surface area contributed by atoms with Crippen LogP contribution in [0.5, 0.6) is 0 Å². The number of fused-ring (bicyclic) bond motifs is 1. The van der Waals surface area contributed by atoms with Crippen LogP contribution >= 0.6 is 0 Å². The first-order valence-electron chi connectivity index (χ1n) is 7.02. The van der Waals surface area contributed by atoms with Crippen LogP contribution in [0.1, 0.15) is 11.3 Å². The molecule has 0 fully saturated rings. The quantitative estimate of drug-likeness (QED) is 0.752. The van der Waals surface area contributed by atoms with E-state index in [1.807, 2.05) is 6.07 Å². The van der Waals surface area contributed by atoms with E-state index < -0.39 is 17.2 Å². The van der Waals surface area contributed by atoms with Crippen molar-refractivity contribution in [1.82, 2.24) is 14.1 Å². The molecule has 2 N–H and O–H groups in total. The maximum absolute atomic E-state index is 12.5. The van der Waals surface area contributed by atoms with Gasteiger partial charge in [0.05, 0.1) is 17.5 Å². The van der Waals surface area contributed by atoms with Gasteiger partial charge in [-0.1, -0.05) is 18.2 Å². The number of carboxylic acids is 1. The van der Waals surface area contributed by atoms with Gasteiger partial charge in [0.25, 0.3) is 5.56 Å². The van der Waals surface area contributed by atoms with Gasteiger partial charge in [-0.15, -0.1) is 0 Å². The summed E-state index contributed by atoms with van der Waals surface area (Å²) in [6.45, 7) is 1.69. The molecular weight excluding hydrogens is 298 g/mol. The number of benzene rings is 1. The highest BCUT2D eigenvalue weighted by Crippen LogP contribution is 2.20. The summed E-state index contributed by atoms with van der Waals surface area (Å²) < 4.78 is 2.38. The number of hydrogen-bond donors (Lipinski definition) is 2. The van der Waals surface area contributed by atoms with Gasteiger partial charge in [-0.2, -0.15) is 0 Å². The van der Waals surface area contributed by atoms with E-state index in [1.165, 1.54) is 11.6 Å². The fraction of sp³-hybridized carbons (Fsp3) is 0.188. The second-order valence-electron chi connectivity index (χ2n) is 5.34. The van der Waals surface area contributed by atoms with Crippen molar-refractivity contribution in [3.63, 3.8) is 0 Å². The molecule has 118 valence electrons. The average Bonchev–Trinajstić information content (AvgIpc) is 2.82. The molecule has 7 heteroatoms. The monoisotopic (exact) mass is 313 g/mol. The van der Waals surface area contributed by atoms with Crippen molar-refractivity contribution < 1.29 is 9.90 Å². The van der Waals surface area contributed by atoms with Crippen LogP contribution in [0.25, 0.3) is 16.7 Å². The van der Waals surface area contributed by atoms with Crippen LogP contribution in [0.4, 0.5) is 0 Å². The van der Waals surface area contributed by atoms with Crippen LogP contribution in [0, 0.1) is 6.92 Å². The Morgan fingerprint density at radius 3 is 2.48 bits per heavy atom. The molecule has 2 aromatic heterocycles. The van der Waals surface area contributed by atoms with Gasteiger partial charge < -0.3 is 10.1 Å². The van der Waals surface area contributed by atoms with Gasteiger partial charge in [-0.3, -0.25) is 14.2 Å². The average molecular weight is 313 g/mol. The molecule has 0 amide bonds. The normalized spacial score (nSPS) is 11.0. The van der Waals surface area contributed by atoms with Crippen LogP contribution < -0.4 is 11.2 Å². The second kappa shape index (κ2) is 5.28. The number of hydrogen-bond acceptors (Lipinski definition) is 3. The number of aliphatic carboxylic acids is 1. The van der Waals surface area contributed by atoms with Crippen molar-refractivity contribution in [2.75, 3.05) is 0 Å². The molecule has 3 aromatic rings. The number of nitrogens with zero attached hydrogens (tertiary/aromatic N) is 2. The highest BCUT2D eigenvalue weighted by Gasteiger charge is 2.20. The number of carbonyl (C=O) groups is 1. The van der Waals surface area contributed by atoms with Crippen molar-refractivity contribution in [2.24, 2.45) is 7.05 Å². The highest BCUT2D eigenvalue weighted by atomic mass is 16.4. The maximum Gasteiger partial charge on any atom is 0.336 e. The topological polar surface area (TPSA) is 97.1 Å². The molecule has 0 spiro atoms. The molecule has 0 saturated heterocycles. The van der Waals surface area contributed by atoms with E-state index in [2.05, 4.69) is 4.98 Å². The standard InChI is InChI=1S/C16H15N3O4/c1-9-11(8-12(20)21)13-14(17-9)19(10-6-4-3-5-7-10)16(23)18(2)15(13)22/h3-7,17H,8H2,1-2H3,(H,20,21). The number of aromatic nitrogens is 3. The number of H-pyrrole nitrogens is 1. The van der Waals surface area contributed by atoms with Crippen molar-refractivity contribution in [2.45, 2.75) is 13.3 Å². The molecule has 0 radical (unpaired) electrons. The van der Waals surface area contributed by atoms with Crippen LogP contribution in [-0.2, 0) is 18.3 Å². The number of rotatable bonds is 3. The molecule has 7 nitrogen and oxygen atoms in total. The van der Waals surface area contributed by atoms with E-state index in [0.717, 1.165) is 4.57 Å². The predicted octanol–water partition coefficient (Wildman–Crippen LogP) is 0.953. The van der Waals surface area contributed by atoms with Crippen LogP contribution in [0.15, 0.2) is 39.9 Å². The number of carboxylic acid groups (broad SMARTS) is 1. The molecule has 3 rings (SSSR count). The number of para-hydroxylation sites is 1. The Balaban J connectivity index is 2.50. The fourth-order valence-electron chi connectivity index (χ4n) is 2.73. The Kier molecular flexibility index (Phi) is 3.40. The van der Waals surface area contributed by atoms with Gasteiger partial charge in [0.15, 0.2) is 0 Å². The summed E-state index contributed by atoms with van der Waals surface area (Å²) in [5.41, 5.74) is 0.890. The summed E-state index contributed by atoms with van der Waals surface area (Å²) >= 11 is 0. The molecule has 0 aliphatic carbocycles. The van der Waals surface area contributed by atoms with E-state index in [0.29, 0.717) is 22.6 Å². The Labute approximate surface area is 130 Å². The molecule has 0 aliphatic heterocycles. The van der Waals surface area contributed by atoms with Gasteiger partial charge in [0, 0.05) is 12.7 Å². The summed E-state index contributed by atoms with van der Waals surface area (Å²) in [6.07, 6.45) is -0.284. The van der Waals surface area contributed by atoms with Crippen molar-refractivity contribution in [3.8, 4) is 5.69 Å². The van der Waals surface area contributed by atoms with Gasteiger partial charge in [0.1, 0.15) is 5.65 Å². The molecule has 0 unspecified atom stereocenters. The summed E-state index contributed by atoms with van der Waals surface area (Å²) in [7, 11) is 1.39.